The number of nitrogens with zero attached hydrogens (tertiary/aromatic N) is 1. The maximum absolute atomic E-state index is 12.4. The first kappa shape index (κ1) is 13.1. The van der Waals surface area contributed by atoms with Crippen LogP contribution in [-0.2, 0) is 12.8 Å². The Hall–Kier alpha value is -2.64. The zero-order valence-corrected chi connectivity index (χ0v) is 12.5. The summed E-state index contributed by atoms with van der Waals surface area (Å²) in [4.78, 5) is 16.3. The van der Waals surface area contributed by atoms with E-state index in [0.717, 1.165) is 40.1 Å². The lowest BCUT2D eigenvalue weighted by molar-refractivity contribution is 0.924. The molecule has 0 fully saturated rings. The van der Waals surface area contributed by atoms with Gasteiger partial charge < -0.3 is 4.98 Å². The summed E-state index contributed by atoms with van der Waals surface area (Å²) in [5, 5.41) is 11.4. The zero-order chi connectivity index (χ0) is 15.1. The van der Waals surface area contributed by atoms with Crippen LogP contribution in [0.5, 0.6) is 0 Å². The van der Waals surface area contributed by atoms with Crippen molar-refractivity contribution in [3.05, 3.63) is 68.8 Å². The fourth-order valence-corrected chi connectivity index (χ4v) is 3.97. The minimum atomic E-state index is -0.304. The van der Waals surface area contributed by atoms with Gasteiger partial charge in [-0.15, -0.1) is 11.3 Å². The fourth-order valence-electron chi connectivity index (χ4n) is 3.16. The number of pyridine rings is 1. The van der Waals surface area contributed by atoms with Gasteiger partial charge in [-0.05, 0) is 35.4 Å². The van der Waals surface area contributed by atoms with Crippen LogP contribution in [0, 0.1) is 11.3 Å². The highest BCUT2D eigenvalue weighted by Gasteiger charge is 2.24. The van der Waals surface area contributed by atoms with Gasteiger partial charge in [0.05, 0.1) is 5.69 Å². The van der Waals surface area contributed by atoms with Crippen molar-refractivity contribution in [2.75, 3.05) is 0 Å². The van der Waals surface area contributed by atoms with Gasteiger partial charge in [-0.25, -0.2) is 0 Å². The lowest BCUT2D eigenvalue weighted by Crippen LogP contribution is -2.18. The average molecular weight is 304 g/mol. The van der Waals surface area contributed by atoms with E-state index < -0.39 is 0 Å². The molecule has 4 heteroatoms. The number of aryl methyl sites for hydroxylation is 1. The molecule has 0 amide bonds. The molecule has 1 aliphatic rings. The predicted molar refractivity (Wildman–Crippen MR) is 87.9 cm³/mol. The van der Waals surface area contributed by atoms with E-state index in [1.165, 1.54) is 5.56 Å². The van der Waals surface area contributed by atoms with E-state index in [2.05, 4.69) is 17.1 Å². The molecule has 0 unspecified atom stereocenters. The quantitative estimate of drug-likeness (QED) is 0.744. The summed E-state index contributed by atoms with van der Waals surface area (Å²) >= 11 is 1.56. The minimum Gasteiger partial charge on any atom is -0.320 e. The van der Waals surface area contributed by atoms with Gasteiger partial charge in [0.25, 0.3) is 5.56 Å². The molecule has 1 aliphatic carbocycles. The Balaban J connectivity index is 2.11. The second-order valence-corrected chi connectivity index (χ2v) is 6.25. The van der Waals surface area contributed by atoms with Gasteiger partial charge in [0.2, 0.25) is 0 Å². The number of nitrogens with one attached hydrogen (secondary N) is 1. The molecular weight excluding hydrogens is 292 g/mol. The Labute approximate surface area is 131 Å². The molecule has 0 atom stereocenters. The number of aromatic nitrogens is 1. The van der Waals surface area contributed by atoms with E-state index in [1.807, 2.05) is 35.7 Å². The Kier molecular flexibility index (Phi) is 2.95. The van der Waals surface area contributed by atoms with Crippen molar-refractivity contribution in [3.63, 3.8) is 0 Å². The number of thiophene rings is 1. The van der Waals surface area contributed by atoms with Crippen LogP contribution < -0.4 is 5.56 Å². The van der Waals surface area contributed by atoms with Crippen molar-refractivity contribution in [3.8, 4) is 27.8 Å². The van der Waals surface area contributed by atoms with Crippen LogP contribution in [0.15, 0.2) is 46.6 Å². The van der Waals surface area contributed by atoms with Crippen molar-refractivity contribution in [1.82, 2.24) is 4.98 Å². The smallest absolute Gasteiger partial charge is 0.267 e. The van der Waals surface area contributed by atoms with Gasteiger partial charge in [-0.2, -0.15) is 5.26 Å². The third kappa shape index (κ3) is 1.83. The summed E-state index contributed by atoms with van der Waals surface area (Å²) in [5.74, 6) is 0. The first-order valence-corrected chi connectivity index (χ1v) is 7.99. The van der Waals surface area contributed by atoms with E-state index in [0.29, 0.717) is 0 Å². The van der Waals surface area contributed by atoms with E-state index in [9.17, 15) is 10.1 Å². The number of benzene rings is 1. The Morgan fingerprint density at radius 3 is 2.77 bits per heavy atom. The third-order valence-corrected chi connectivity index (χ3v) is 5.02. The van der Waals surface area contributed by atoms with E-state index in [4.69, 9.17) is 0 Å². The highest BCUT2D eigenvalue weighted by atomic mass is 32.1. The number of rotatable bonds is 1. The van der Waals surface area contributed by atoms with Gasteiger partial charge in [0.1, 0.15) is 11.6 Å². The van der Waals surface area contributed by atoms with Crippen molar-refractivity contribution < 1.29 is 0 Å². The minimum absolute atomic E-state index is 0.223. The molecule has 1 N–H and O–H groups in total. The van der Waals surface area contributed by atoms with E-state index >= 15 is 0 Å². The SMILES string of the molecule is N#Cc1c(-c2cccs2)c2c([nH]c1=O)-c1ccccc1CC2. The topological polar surface area (TPSA) is 56.6 Å². The van der Waals surface area contributed by atoms with Gasteiger partial charge in [0.15, 0.2) is 0 Å². The molecule has 0 spiro atoms. The maximum atomic E-state index is 12.4. The second-order valence-electron chi connectivity index (χ2n) is 5.30. The molecule has 3 nitrogen and oxygen atoms in total. The third-order valence-electron chi connectivity index (χ3n) is 4.13. The van der Waals surface area contributed by atoms with Gasteiger partial charge in [-0.1, -0.05) is 30.3 Å². The number of hydrogen-bond acceptors (Lipinski definition) is 3. The fraction of sp³-hybridized carbons (Fsp3) is 0.111. The van der Waals surface area contributed by atoms with Crippen LogP contribution in [0.4, 0.5) is 0 Å². The molecule has 0 bridgehead atoms. The summed E-state index contributed by atoms with van der Waals surface area (Å²) in [6.07, 6.45) is 1.77. The Morgan fingerprint density at radius 2 is 2.00 bits per heavy atom. The lowest BCUT2D eigenvalue weighted by Gasteiger charge is -2.22. The van der Waals surface area contributed by atoms with Crippen LogP contribution in [-0.4, -0.2) is 4.98 Å². The van der Waals surface area contributed by atoms with Crippen molar-refractivity contribution in [2.45, 2.75) is 12.8 Å². The largest absolute Gasteiger partial charge is 0.320 e. The molecule has 4 rings (SSSR count). The van der Waals surface area contributed by atoms with Crippen LogP contribution in [0.25, 0.3) is 21.7 Å². The lowest BCUT2D eigenvalue weighted by atomic mass is 9.85. The molecule has 106 valence electrons. The molecule has 0 radical (unpaired) electrons. The molecule has 0 saturated carbocycles. The van der Waals surface area contributed by atoms with Gasteiger partial charge in [-0.3, -0.25) is 4.79 Å². The van der Waals surface area contributed by atoms with Crippen LogP contribution >= 0.6 is 11.3 Å². The van der Waals surface area contributed by atoms with Gasteiger partial charge >= 0.3 is 0 Å². The van der Waals surface area contributed by atoms with Crippen molar-refractivity contribution in [1.29, 1.82) is 5.26 Å². The molecule has 1 aromatic carbocycles. The number of aromatic amines is 1. The normalized spacial score (nSPS) is 12.3. The predicted octanol–water partition coefficient (Wildman–Crippen LogP) is 3.74. The standard InChI is InChI=1S/C18H12N2OS/c19-10-14-16(15-6-3-9-22-15)13-8-7-11-4-1-2-5-12(11)17(13)20-18(14)21/h1-6,9H,7-8H2,(H,20,21). The summed E-state index contributed by atoms with van der Waals surface area (Å²) < 4.78 is 0. The van der Waals surface area contributed by atoms with E-state index in [1.54, 1.807) is 11.3 Å². The number of fused-ring (bicyclic) bond motifs is 3. The molecule has 2 aromatic heterocycles. The molecule has 2 heterocycles. The number of hydrogen-bond donors (Lipinski definition) is 1. The maximum Gasteiger partial charge on any atom is 0.267 e. The van der Waals surface area contributed by atoms with Gasteiger partial charge in [0, 0.05) is 16.0 Å². The monoisotopic (exact) mass is 304 g/mol. The van der Waals surface area contributed by atoms with Crippen LogP contribution in [0.3, 0.4) is 0 Å². The summed E-state index contributed by atoms with van der Waals surface area (Å²) in [6, 6.07) is 14.1. The summed E-state index contributed by atoms with van der Waals surface area (Å²) in [5.41, 5.74) is 5.00. The molecule has 0 saturated heterocycles. The summed E-state index contributed by atoms with van der Waals surface area (Å²) in [7, 11) is 0. The van der Waals surface area contributed by atoms with Crippen molar-refractivity contribution >= 4 is 11.3 Å². The van der Waals surface area contributed by atoms with Crippen molar-refractivity contribution in [2.24, 2.45) is 0 Å². The highest BCUT2D eigenvalue weighted by molar-refractivity contribution is 7.13. The van der Waals surface area contributed by atoms with Crippen LogP contribution in [0.1, 0.15) is 16.7 Å². The average Bonchev–Trinajstić information content (AvgIpc) is 3.07. The number of H-pyrrole nitrogens is 1. The first-order chi connectivity index (χ1) is 10.8. The number of nitriles is 1. The Bertz CT molecular complexity index is 962. The molecule has 3 aromatic rings. The highest BCUT2D eigenvalue weighted by Crippen LogP contribution is 2.39. The zero-order valence-electron chi connectivity index (χ0n) is 11.7. The van der Waals surface area contributed by atoms with Crippen LogP contribution in [0.2, 0.25) is 0 Å². The molecule has 0 aliphatic heterocycles. The first-order valence-electron chi connectivity index (χ1n) is 7.11. The summed E-state index contributed by atoms with van der Waals surface area (Å²) in [6.45, 7) is 0. The second kappa shape index (κ2) is 4.97. The molecule has 22 heavy (non-hydrogen) atoms. The van der Waals surface area contributed by atoms with E-state index in [-0.39, 0.29) is 11.1 Å². The Morgan fingerprint density at radius 1 is 1.14 bits per heavy atom. The molecular formula is C18H12N2OS.